The predicted molar refractivity (Wildman–Crippen MR) is 195 cm³/mol. The van der Waals surface area contributed by atoms with E-state index in [1.807, 2.05) is 51.1 Å². The Morgan fingerprint density at radius 2 is 1.65 bits per heavy atom. The highest BCUT2D eigenvalue weighted by Crippen LogP contribution is 2.32. The Morgan fingerprint density at radius 1 is 0.958 bits per heavy atom. The van der Waals surface area contributed by atoms with Crippen molar-refractivity contribution in [2.75, 3.05) is 18.0 Å². The van der Waals surface area contributed by atoms with Crippen LogP contribution in [-0.4, -0.2) is 50.9 Å². The van der Waals surface area contributed by atoms with Gasteiger partial charge in [0.05, 0.1) is 22.2 Å². The van der Waals surface area contributed by atoms with Crippen LogP contribution in [0.2, 0.25) is 10.0 Å². The van der Waals surface area contributed by atoms with Crippen LogP contribution in [0, 0.1) is 6.92 Å². The second-order valence-corrected chi connectivity index (χ2v) is 15.0. The summed E-state index contributed by atoms with van der Waals surface area (Å²) in [6.07, 6.45) is 0.861. The molecular formula is C36H38BrCl2N3O5S. The molecular weight excluding hydrogens is 737 g/mol. The van der Waals surface area contributed by atoms with Crippen molar-refractivity contribution < 1.29 is 22.7 Å². The maximum atomic E-state index is 14.7. The van der Waals surface area contributed by atoms with E-state index in [1.165, 1.54) is 30.2 Å². The zero-order chi connectivity index (χ0) is 35.0. The number of amides is 2. The van der Waals surface area contributed by atoms with Crippen LogP contribution < -0.4 is 14.4 Å². The van der Waals surface area contributed by atoms with E-state index in [-0.39, 0.29) is 35.5 Å². The third-order valence-electron chi connectivity index (χ3n) is 7.94. The monoisotopic (exact) mass is 773 g/mol. The van der Waals surface area contributed by atoms with Crippen LogP contribution in [-0.2, 0) is 32.6 Å². The second-order valence-electron chi connectivity index (χ2n) is 11.4. The number of methoxy groups -OCH3 is 1. The fourth-order valence-corrected chi connectivity index (χ4v) is 7.60. The first-order chi connectivity index (χ1) is 22.8. The zero-order valence-electron chi connectivity index (χ0n) is 27.1. The number of hydrogen-bond acceptors (Lipinski definition) is 5. The van der Waals surface area contributed by atoms with Crippen molar-refractivity contribution >= 4 is 66.7 Å². The molecule has 0 fully saturated rings. The summed E-state index contributed by atoms with van der Waals surface area (Å²) in [5, 5.41) is 3.75. The summed E-state index contributed by atoms with van der Waals surface area (Å²) in [5.74, 6) is -0.512. The van der Waals surface area contributed by atoms with Gasteiger partial charge in [0.2, 0.25) is 11.8 Å². The fourth-order valence-electron chi connectivity index (χ4n) is 5.00. The number of carbonyl (C=O) groups excluding carboxylic acids is 2. The van der Waals surface area contributed by atoms with Gasteiger partial charge in [-0.2, -0.15) is 0 Å². The van der Waals surface area contributed by atoms with Gasteiger partial charge in [0, 0.05) is 29.1 Å². The normalized spacial score (nSPS) is 12.6. The molecule has 12 heteroatoms. The number of aryl methyl sites for hydroxylation is 1. The van der Waals surface area contributed by atoms with Gasteiger partial charge in [-0.3, -0.25) is 13.9 Å². The molecule has 254 valence electrons. The van der Waals surface area contributed by atoms with Crippen LogP contribution in [0.5, 0.6) is 5.75 Å². The van der Waals surface area contributed by atoms with Gasteiger partial charge in [0.15, 0.2) is 0 Å². The van der Waals surface area contributed by atoms with E-state index in [0.29, 0.717) is 32.3 Å². The summed E-state index contributed by atoms with van der Waals surface area (Å²) in [7, 11) is -2.82. The number of nitrogens with zero attached hydrogens (tertiary/aromatic N) is 2. The summed E-state index contributed by atoms with van der Waals surface area (Å²) in [5.41, 5.74) is 2.58. The SMILES string of the molecule is CC[C@@H](C)NC(=O)[C@H](Cc1ccccc1)N(Cc1ccc(Cl)cc1Cl)C(=O)CN(c1ccc(C)cc1)S(=O)(=O)c1ccc(OC)c(Br)c1. The molecule has 0 heterocycles. The maximum absolute atomic E-state index is 14.7. The molecule has 8 nitrogen and oxygen atoms in total. The molecule has 0 radical (unpaired) electrons. The molecule has 0 saturated heterocycles. The largest absolute Gasteiger partial charge is 0.496 e. The average Bonchev–Trinajstić information content (AvgIpc) is 3.06. The molecule has 0 bridgehead atoms. The number of nitrogens with one attached hydrogen (secondary N) is 1. The van der Waals surface area contributed by atoms with Crippen LogP contribution in [0.1, 0.15) is 37.0 Å². The highest BCUT2D eigenvalue weighted by atomic mass is 79.9. The minimum atomic E-state index is -4.30. The number of sulfonamides is 1. The summed E-state index contributed by atoms with van der Waals surface area (Å²) in [6, 6.07) is 24.3. The van der Waals surface area contributed by atoms with Crippen molar-refractivity contribution in [2.45, 2.75) is 57.1 Å². The molecule has 4 rings (SSSR count). The third-order valence-corrected chi connectivity index (χ3v) is 10.9. The first-order valence-electron chi connectivity index (χ1n) is 15.3. The summed E-state index contributed by atoms with van der Waals surface area (Å²) < 4.78 is 35.5. The summed E-state index contributed by atoms with van der Waals surface area (Å²) in [6.45, 7) is 5.06. The lowest BCUT2D eigenvalue weighted by Crippen LogP contribution is -2.54. The van der Waals surface area contributed by atoms with Crippen molar-refractivity contribution in [1.29, 1.82) is 0 Å². The van der Waals surface area contributed by atoms with Crippen LogP contribution in [0.4, 0.5) is 5.69 Å². The first kappa shape index (κ1) is 37.3. The molecule has 0 unspecified atom stereocenters. The smallest absolute Gasteiger partial charge is 0.264 e. The summed E-state index contributed by atoms with van der Waals surface area (Å²) in [4.78, 5) is 30.0. The van der Waals surface area contributed by atoms with E-state index >= 15 is 0 Å². The van der Waals surface area contributed by atoms with Crippen LogP contribution in [0.3, 0.4) is 0 Å². The summed E-state index contributed by atoms with van der Waals surface area (Å²) >= 11 is 16.2. The molecule has 2 amide bonds. The van der Waals surface area contributed by atoms with Crippen molar-refractivity contribution in [3.8, 4) is 5.75 Å². The van der Waals surface area contributed by atoms with E-state index in [9.17, 15) is 18.0 Å². The Morgan fingerprint density at radius 3 is 2.25 bits per heavy atom. The van der Waals surface area contributed by atoms with Crippen molar-refractivity contribution in [2.24, 2.45) is 0 Å². The molecule has 0 saturated carbocycles. The maximum Gasteiger partial charge on any atom is 0.264 e. The van der Waals surface area contributed by atoms with E-state index in [4.69, 9.17) is 27.9 Å². The number of rotatable bonds is 14. The van der Waals surface area contributed by atoms with Crippen molar-refractivity contribution in [1.82, 2.24) is 10.2 Å². The Labute approximate surface area is 301 Å². The quantitative estimate of drug-likeness (QED) is 0.141. The lowest BCUT2D eigenvalue weighted by molar-refractivity contribution is -0.140. The molecule has 4 aromatic rings. The van der Waals surface area contributed by atoms with Gasteiger partial charge in [-0.05, 0) is 89.8 Å². The predicted octanol–water partition coefficient (Wildman–Crippen LogP) is 7.82. The lowest BCUT2D eigenvalue weighted by atomic mass is 10.0. The van der Waals surface area contributed by atoms with E-state index in [2.05, 4.69) is 21.2 Å². The number of anilines is 1. The minimum Gasteiger partial charge on any atom is -0.496 e. The molecule has 4 aromatic carbocycles. The average molecular weight is 776 g/mol. The lowest BCUT2D eigenvalue weighted by Gasteiger charge is -2.34. The highest BCUT2D eigenvalue weighted by Gasteiger charge is 2.35. The van der Waals surface area contributed by atoms with Gasteiger partial charge in [0.1, 0.15) is 18.3 Å². The van der Waals surface area contributed by atoms with Gasteiger partial charge in [-0.15, -0.1) is 0 Å². The van der Waals surface area contributed by atoms with Crippen LogP contribution >= 0.6 is 39.1 Å². The van der Waals surface area contributed by atoms with Crippen molar-refractivity contribution in [3.63, 3.8) is 0 Å². The Bertz CT molecular complexity index is 1840. The van der Waals surface area contributed by atoms with Gasteiger partial charge in [-0.1, -0.05) is 84.2 Å². The van der Waals surface area contributed by atoms with E-state index < -0.39 is 28.5 Å². The number of carbonyl (C=O) groups is 2. The van der Waals surface area contributed by atoms with Crippen LogP contribution in [0.25, 0.3) is 0 Å². The fraction of sp³-hybridized carbons (Fsp3) is 0.278. The Hall–Kier alpha value is -3.57. The van der Waals surface area contributed by atoms with Gasteiger partial charge >= 0.3 is 0 Å². The number of halogens is 3. The molecule has 0 aliphatic rings. The number of hydrogen-bond donors (Lipinski definition) is 1. The number of benzene rings is 4. The van der Waals surface area contributed by atoms with Crippen LogP contribution in [0.15, 0.2) is 100 Å². The van der Waals surface area contributed by atoms with Gasteiger partial charge in [0.25, 0.3) is 10.0 Å². The third kappa shape index (κ3) is 9.31. The highest BCUT2D eigenvalue weighted by molar-refractivity contribution is 9.10. The molecule has 0 aliphatic heterocycles. The van der Waals surface area contributed by atoms with E-state index in [1.54, 1.807) is 42.5 Å². The van der Waals surface area contributed by atoms with Crippen molar-refractivity contribution in [3.05, 3.63) is 122 Å². The van der Waals surface area contributed by atoms with Gasteiger partial charge in [-0.25, -0.2) is 8.42 Å². The minimum absolute atomic E-state index is 0.0498. The Kier molecular flexibility index (Phi) is 13.0. The molecule has 0 aliphatic carbocycles. The van der Waals surface area contributed by atoms with Gasteiger partial charge < -0.3 is 15.0 Å². The molecule has 48 heavy (non-hydrogen) atoms. The molecule has 0 aromatic heterocycles. The topological polar surface area (TPSA) is 96.0 Å². The first-order valence-corrected chi connectivity index (χ1v) is 18.3. The standard InChI is InChI=1S/C36H38BrCl2N3O5S/c1-5-25(3)40-36(44)33(19-26-9-7-6-8-10-26)41(22-27-13-14-28(38)20-32(27)39)35(43)23-42(29-15-11-24(2)12-16-29)48(45,46)30-17-18-34(47-4)31(37)21-30/h6-18,20-21,25,33H,5,19,22-23H2,1-4H3,(H,40,44)/t25-,33+/m1/s1. The second kappa shape index (κ2) is 16.7. The molecule has 2 atom stereocenters. The molecule has 0 spiro atoms. The number of ether oxygens (including phenoxy) is 1. The zero-order valence-corrected chi connectivity index (χ0v) is 31.0. The Balaban J connectivity index is 1.84. The molecule has 1 N–H and O–H groups in total. The van der Waals surface area contributed by atoms with E-state index in [0.717, 1.165) is 15.4 Å².